The fraction of sp³-hybridized carbons (Fsp3) is 0.571. The Bertz CT molecular complexity index is 589. The van der Waals surface area contributed by atoms with Crippen molar-refractivity contribution in [1.29, 1.82) is 0 Å². The fourth-order valence-electron chi connectivity index (χ4n) is 1.90. The summed E-state index contributed by atoms with van der Waals surface area (Å²) in [7, 11) is -3.70. The molecular formula is C14H22Cl2N2O2S. The van der Waals surface area contributed by atoms with Crippen molar-refractivity contribution in [2.45, 2.75) is 32.1 Å². The molecule has 0 amide bonds. The second-order valence-corrected chi connectivity index (χ2v) is 8.45. The van der Waals surface area contributed by atoms with Crippen molar-refractivity contribution < 1.29 is 8.42 Å². The maximum Gasteiger partial charge on any atom is 0.244 e. The van der Waals surface area contributed by atoms with E-state index in [4.69, 9.17) is 28.9 Å². The fourth-order valence-corrected chi connectivity index (χ4v) is 4.35. The Morgan fingerprint density at radius 3 is 2.43 bits per heavy atom. The molecule has 0 saturated carbocycles. The van der Waals surface area contributed by atoms with Gasteiger partial charge in [-0.25, -0.2) is 8.42 Å². The van der Waals surface area contributed by atoms with Gasteiger partial charge in [0.2, 0.25) is 10.0 Å². The summed E-state index contributed by atoms with van der Waals surface area (Å²) in [6.07, 6.45) is 0.706. The van der Waals surface area contributed by atoms with E-state index in [2.05, 4.69) is 0 Å². The average Bonchev–Trinajstić information content (AvgIpc) is 2.41. The molecule has 0 radical (unpaired) electrons. The van der Waals surface area contributed by atoms with Gasteiger partial charge in [-0.1, -0.05) is 50.0 Å². The van der Waals surface area contributed by atoms with Crippen LogP contribution in [0.2, 0.25) is 10.0 Å². The zero-order chi connectivity index (χ0) is 16.3. The van der Waals surface area contributed by atoms with Gasteiger partial charge in [0.1, 0.15) is 4.90 Å². The summed E-state index contributed by atoms with van der Waals surface area (Å²) in [5.41, 5.74) is 5.41. The van der Waals surface area contributed by atoms with E-state index < -0.39 is 10.0 Å². The monoisotopic (exact) mass is 352 g/mol. The van der Waals surface area contributed by atoms with Crippen molar-refractivity contribution in [2.24, 2.45) is 11.1 Å². The summed E-state index contributed by atoms with van der Waals surface area (Å²) in [5.74, 6) is 0. The zero-order valence-corrected chi connectivity index (χ0v) is 14.9. The minimum Gasteiger partial charge on any atom is -0.330 e. The molecule has 120 valence electrons. The highest BCUT2D eigenvalue weighted by Crippen LogP contribution is 2.32. The molecule has 0 aromatic heterocycles. The standard InChI is InChI=1S/C14H22Cl2N2O2S/c1-4-8-18(10-14(2,3)9-17)21(19,20)12-7-5-6-11(15)13(12)16/h5-7H,4,8-10,17H2,1-3H3. The topological polar surface area (TPSA) is 63.4 Å². The highest BCUT2D eigenvalue weighted by atomic mass is 35.5. The van der Waals surface area contributed by atoms with Crippen molar-refractivity contribution in [3.8, 4) is 0 Å². The lowest BCUT2D eigenvalue weighted by Crippen LogP contribution is -2.42. The summed E-state index contributed by atoms with van der Waals surface area (Å²) < 4.78 is 27.1. The van der Waals surface area contributed by atoms with Crippen molar-refractivity contribution in [1.82, 2.24) is 4.31 Å². The molecule has 0 heterocycles. The predicted molar refractivity (Wildman–Crippen MR) is 88.3 cm³/mol. The number of hydrogen-bond acceptors (Lipinski definition) is 3. The summed E-state index contributed by atoms with van der Waals surface area (Å²) in [6.45, 7) is 6.94. The molecule has 0 aliphatic rings. The number of halogens is 2. The van der Waals surface area contributed by atoms with E-state index in [1.807, 2.05) is 20.8 Å². The first-order chi connectivity index (χ1) is 9.65. The van der Waals surface area contributed by atoms with Gasteiger partial charge in [0.05, 0.1) is 10.0 Å². The normalized spacial score (nSPS) is 12.9. The summed E-state index contributed by atoms with van der Waals surface area (Å²) >= 11 is 12.0. The van der Waals surface area contributed by atoms with Crippen molar-refractivity contribution in [3.05, 3.63) is 28.2 Å². The SMILES string of the molecule is CCCN(CC(C)(C)CN)S(=O)(=O)c1cccc(Cl)c1Cl. The molecule has 0 aliphatic heterocycles. The average molecular weight is 353 g/mol. The molecule has 1 aromatic carbocycles. The van der Waals surface area contributed by atoms with Crippen molar-refractivity contribution in [2.75, 3.05) is 19.6 Å². The van der Waals surface area contributed by atoms with Gasteiger partial charge in [-0.15, -0.1) is 0 Å². The number of hydrogen-bond donors (Lipinski definition) is 1. The minimum absolute atomic E-state index is 0.0398. The third-order valence-corrected chi connectivity index (χ3v) is 5.98. The second-order valence-electron chi connectivity index (χ2n) is 5.76. The Hall–Kier alpha value is -0.330. The Balaban J connectivity index is 3.25. The van der Waals surface area contributed by atoms with Gasteiger partial charge in [-0.05, 0) is 30.5 Å². The van der Waals surface area contributed by atoms with Crippen molar-refractivity contribution >= 4 is 33.2 Å². The zero-order valence-electron chi connectivity index (χ0n) is 12.6. The molecule has 0 aliphatic carbocycles. The Morgan fingerprint density at radius 1 is 1.29 bits per heavy atom. The third kappa shape index (κ3) is 4.57. The number of rotatable bonds is 7. The summed E-state index contributed by atoms with van der Waals surface area (Å²) in [6, 6.07) is 4.62. The highest BCUT2D eigenvalue weighted by molar-refractivity contribution is 7.89. The molecule has 21 heavy (non-hydrogen) atoms. The van der Waals surface area contributed by atoms with E-state index in [-0.39, 0.29) is 20.4 Å². The molecule has 4 nitrogen and oxygen atoms in total. The van der Waals surface area contributed by atoms with Crippen LogP contribution in [0.3, 0.4) is 0 Å². The molecule has 7 heteroatoms. The van der Waals surface area contributed by atoms with Crippen LogP contribution in [0, 0.1) is 5.41 Å². The summed E-state index contributed by atoms with van der Waals surface area (Å²) in [5, 5.41) is 0.290. The Labute approximate surface area is 137 Å². The van der Waals surface area contributed by atoms with Crippen LogP contribution in [-0.2, 0) is 10.0 Å². The molecule has 1 rings (SSSR count). The van der Waals surface area contributed by atoms with E-state index in [0.717, 1.165) is 0 Å². The third-order valence-electron chi connectivity index (χ3n) is 3.16. The number of nitrogens with two attached hydrogens (primary N) is 1. The summed E-state index contributed by atoms with van der Waals surface area (Å²) in [4.78, 5) is 0.0398. The molecule has 1 aromatic rings. The van der Waals surface area contributed by atoms with Gasteiger partial charge in [0, 0.05) is 13.1 Å². The lowest BCUT2D eigenvalue weighted by molar-refractivity contribution is 0.266. The van der Waals surface area contributed by atoms with Crippen LogP contribution in [0.5, 0.6) is 0 Å². The molecule has 0 saturated heterocycles. The van der Waals surface area contributed by atoms with Gasteiger partial charge in [0.25, 0.3) is 0 Å². The molecular weight excluding hydrogens is 331 g/mol. The van der Waals surface area contributed by atoms with E-state index in [0.29, 0.717) is 26.1 Å². The predicted octanol–water partition coefficient (Wildman–Crippen LogP) is 3.38. The lowest BCUT2D eigenvalue weighted by Gasteiger charge is -2.31. The van der Waals surface area contributed by atoms with Gasteiger partial charge in [-0.2, -0.15) is 4.31 Å². The van der Waals surface area contributed by atoms with Crippen molar-refractivity contribution in [3.63, 3.8) is 0 Å². The van der Waals surface area contributed by atoms with E-state index in [1.54, 1.807) is 12.1 Å². The first-order valence-corrected chi connectivity index (χ1v) is 8.99. The van der Waals surface area contributed by atoms with Crippen LogP contribution in [0.15, 0.2) is 23.1 Å². The Morgan fingerprint density at radius 2 is 1.90 bits per heavy atom. The van der Waals surface area contributed by atoms with Crippen LogP contribution < -0.4 is 5.73 Å². The quantitative estimate of drug-likeness (QED) is 0.817. The maximum atomic E-state index is 12.8. The molecule has 2 N–H and O–H groups in total. The van der Waals surface area contributed by atoms with E-state index in [1.165, 1.54) is 10.4 Å². The Kier molecular flexibility index (Phi) is 6.50. The maximum absolute atomic E-state index is 12.8. The van der Waals surface area contributed by atoms with Crippen LogP contribution in [-0.4, -0.2) is 32.4 Å². The smallest absolute Gasteiger partial charge is 0.244 e. The van der Waals surface area contributed by atoms with Gasteiger partial charge in [-0.3, -0.25) is 0 Å². The largest absolute Gasteiger partial charge is 0.330 e. The lowest BCUT2D eigenvalue weighted by atomic mass is 9.94. The van der Waals surface area contributed by atoms with E-state index >= 15 is 0 Å². The number of nitrogens with zero attached hydrogens (tertiary/aromatic N) is 1. The molecule has 0 unspecified atom stereocenters. The van der Waals surface area contributed by atoms with E-state index in [9.17, 15) is 8.42 Å². The molecule has 0 atom stereocenters. The first-order valence-electron chi connectivity index (χ1n) is 6.80. The number of benzene rings is 1. The van der Waals surface area contributed by atoms with Gasteiger partial charge in [0.15, 0.2) is 0 Å². The number of sulfonamides is 1. The van der Waals surface area contributed by atoms with Crippen LogP contribution in [0.25, 0.3) is 0 Å². The first kappa shape index (κ1) is 18.7. The highest BCUT2D eigenvalue weighted by Gasteiger charge is 2.31. The minimum atomic E-state index is -3.70. The van der Waals surface area contributed by atoms with Crippen LogP contribution >= 0.6 is 23.2 Å². The second kappa shape index (κ2) is 7.29. The van der Waals surface area contributed by atoms with Gasteiger partial charge >= 0.3 is 0 Å². The van der Waals surface area contributed by atoms with Gasteiger partial charge < -0.3 is 5.73 Å². The molecule has 0 bridgehead atoms. The molecule has 0 spiro atoms. The van der Waals surface area contributed by atoms with Crippen LogP contribution in [0.1, 0.15) is 27.2 Å². The van der Waals surface area contributed by atoms with Crippen LogP contribution in [0.4, 0.5) is 0 Å². The molecule has 0 fully saturated rings.